The molecule has 3 N–H and O–H groups in total. The third-order valence-corrected chi connectivity index (χ3v) is 4.80. The fourth-order valence-electron chi connectivity index (χ4n) is 2.53. The number of halogens is 1. The van der Waals surface area contributed by atoms with Gasteiger partial charge in [0.2, 0.25) is 5.78 Å². The molecule has 8 heteroatoms. The molecule has 0 aliphatic heterocycles. The molecule has 1 unspecified atom stereocenters. The zero-order valence-electron chi connectivity index (χ0n) is 16.1. The molecule has 0 heterocycles. The lowest BCUT2D eigenvalue weighted by Gasteiger charge is -2.24. The van der Waals surface area contributed by atoms with E-state index < -0.39 is 11.8 Å². The van der Waals surface area contributed by atoms with E-state index in [9.17, 15) is 19.8 Å². The lowest BCUT2D eigenvalue weighted by atomic mass is 9.97. The number of allylic oxidation sites excluding steroid dienone is 1. The summed E-state index contributed by atoms with van der Waals surface area (Å²) >= 11 is 3.30. The van der Waals surface area contributed by atoms with E-state index in [1.807, 2.05) is 13.8 Å². The second-order valence-electron chi connectivity index (χ2n) is 6.21. The molecule has 0 saturated carbocycles. The lowest BCUT2D eigenvalue weighted by Crippen LogP contribution is -2.38. The van der Waals surface area contributed by atoms with E-state index in [4.69, 9.17) is 9.47 Å². The second-order valence-corrected chi connectivity index (χ2v) is 7.06. The van der Waals surface area contributed by atoms with Crippen molar-refractivity contribution < 1.29 is 29.3 Å². The van der Waals surface area contributed by atoms with Crippen molar-refractivity contribution in [2.45, 2.75) is 33.2 Å². The molecule has 0 aliphatic rings. The van der Waals surface area contributed by atoms with E-state index in [1.54, 1.807) is 6.92 Å². The molecule has 0 aliphatic carbocycles. The first-order valence-corrected chi connectivity index (χ1v) is 9.31. The van der Waals surface area contributed by atoms with Crippen LogP contribution in [0.3, 0.4) is 0 Å². The highest BCUT2D eigenvalue weighted by atomic mass is 79.9. The van der Waals surface area contributed by atoms with Crippen LogP contribution < -0.4 is 14.8 Å². The van der Waals surface area contributed by atoms with Crippen LogP contribution in [0.15, 0.2) is 27.9 Å². The molecule has 1 aromatic carbocycles. The Hall–Kier alpha value is -2.06. The van der Waals surface area contributed by atoms with Crippen LogP contribution in [0, 0.1) is 5.92 Å². The number of aliphatic hydroxyl groups excluding tert-OH is 1. The van der Waals surface area contributed by atoms with Gasteiger partial charge < -0.3 is 25.0 Å². The van der Waals surface area contributed by atoms with Crippen molar-refractivity contribution in [2.24, 2.45) is 5.92 Å². The summed E-state index contributed by atoms with van der Waals surface area (Å²) in [5.41, 5.74) is -0.0263. The number of carboxylic acids is 1. The number of methoxy groups -OCH3 is 2. The number of carbonyl (C=O) groups is 2. The quantitative estimate of drug-likeness (QED) is 0.221. The maximum Gasteiger partial charge on any atom is 0.341 e. The first kappa shape index (κ1) is 23.0. The largest absolute Gasteiger partial charge is 0.496 e. The number of carboxylic acid groups (broad SMARTS) is 1. The zero-order chi connectivity index (χ0) is 20.7. The first-order valence-electron chi connectivity index (χ1n) is 8.51. The number of nitrogens with one attached hydrogen (secondary N) is 1. The minimum atomic E-state index is -1.35. The van der Waals surface area contributed by atoms with Crippen molar-refractivity contribution >= 4 is 27.7 Å². The van der Waals surface area contributed by atoms with E-state index in [0.29, 0.717) is 10.2 Å². The number of Topliss-reactive ketones (excluding diaryl/α,β-unsaturated/α-hetero) is 1. The van der Waals surface area contributed by atoms with Gasteiger partial charge in [-0.05, 0) is 34.3 Å². The van der Waals surface area contributed by atoms with Gasteiger partial charge in [-0.25, -0.2) is 4.79 Å². The number of carbonyl (C=O) groups excluding carboxylic acids is 1. The number of ether oxygens (including phenoxy) is 2. The number of rotatable bonds is 10. The summed E-state index contributed by atoms with van der Waals surface area (Å²) < 4.78 is 10.9. The van der Waals surface area contributed by atoms with Crippen LogP contribution in [0.2, 0.25) is 0 Å². The molecule has 27 heavy (non-hydrogen) atoms. The van der Waals surface area contributed by atoms with Gasteiger partial charge in [0.15, 0.2) is 0 Å². The fourth-order valence-corrected chi connectivity index (χ4v) is 3.04. The van der Waals surface area contributed by atoms with Gasteiger partial charge in [-0.15, -0.1) is 0 Å². The average molecular weight is 444 g/mol. The molecular formula is C19H26BrNO6. The van der Waals surface area contributed by atoms with Crippen molar-refractivity contribution in [2.75, 3.05) is 20.8 Å². The molecule has 0 aromatic heterocycles. The third-order valence-electron chi connectivity index (χ3n) is 4.18. The van der Waals surface area contributed by atoms with Crippen molar-refractivity contribution in [1.29, 1.82) is 0 Å². The number of aliphatic carboxylic acids is 1. The number of hydrogen-bond donors (Lipinski definition) is 3. The standard InChI is InChI=1S/C19H26BrNO6/c1-6-13(21-14(9-22)10(2)3)17(19(24)25)18(23)11-7-12(20)16(27-5)8-15(11)26-4/h7-8,10,14,21-22H,6,9H2,1-5H3,(H,24,25). The summed E-state index contributed by atoms with van der Waals surface area (Å²) in [6.07, 6.45) is 0.288. The van der Waals surface area contributed by atoms with Gasteiger partial charge in [0.25, 0.3) is 0 Å². The predicted octanol–water partition coefficient (Wildman–Crippen LogP) is 3.00. The monoisotopic (exact) mass is 443 g/mol. The molecule has 1 aromatic rings. The summed E-state index contributed by atoms with van der Waals surface area (Å²) in [5.74, 6) is -1.33. The maximum atomic E-state index is 13.1. The Morgan fingerprint density at radius 2 is 1.78 bits per heavy atom. The minimum absolute atomic E-state index is 0.0476. The van der Waals surface area contributed by atoms with Gasteiger partial charge in [0.1, 0.15) is 17.1 Å². The molecule has 0 spiro atoms. The third kappa shape index (κ3) is 5.46. The SMILES string of the molecule is CCC(NC(CO)C(C)C)=C(C(=O)O)C(=O)c1cc(Br)c(OC)cc1OC. The smallest absolute Gasteiger partial charge is 0.341 e. The molecule has 0 amide bonds. The van der Waals surface area contributed by atoms with Crippen LogP contribution in [0.4, 0.5) is 0 Å². The molecule has 0 radical (unpaired) electrons. The van der Waals surface area contributed by atoms with Gasteiger partial charge >= 0.3 is 5.97 Å². The summed E-state index contributed by atoms with van der Waals surface area (Å²) in [7, 11) is 2.87. The van der Waals surface area contributed by atoms with Crippen LogP contribution in [0.1, 0.15) is 37.6 Å². The van der Waals surface area contributed by atoms with E-state index >= 15 is 0 Å². The molecule has 7 nitrogen and oxygen atoms in total. The van der Waals surface area contributed by atoms with E-state index in [0.717, 1.165) is 0 Å². The molecule has 0 fully saturated rings. The summed E-state index contributed by atoms with van der Waals surface area (Å²) in [5, 5.41) is 22.3. The average Bonchev–Trinajstić information content (AvgIpc) is 2.63. The normalized spacial score (nSPS) is 13.0. The Bertz CT molecular complexity index is 729. The molecule has 0 saturated heterocycles. The Morgan fingerprint density at radius 1 is 1.19 bits per heavy atom. The van der Waals surface area contributed by atoms with Crippen molar-refractivity contribution in [3.05, 3.63) is 33.4 Å². The minimum Gasteiger partial charge on any atom is -0.496 e. The van der Waals surface area contributed by atoms with Crippen molar-refractivity contribution in [3.8, 4) is 11.5 Å². The van der Waals surface area contributed by atoms with Gasteiger partial charge in [-0.2, -0.15) is 0 Å². The predicted molar refractivity (Wildman–Crippen MR) is 105 cm³/mol. The van der Waals surface area contributed by atoms with E-state index in [1.165, 1.54) is 26.4 Å². The fraction of sp³-hybridized carbons (Fsp3) is 0.474. The van der Waals surface area contributed by atoms with Crippen LogP contribution in [0.25, 0.3) is 0 Å². The van der Waals surface area contributed by atoms with Crippen molar-refractivity contribution in [1.82, 2.24) is 5.32 Å². The van der Waals surface area contributed by atoms with Gasteiger partial charge in [0, 0.05) is 11.8 Å². The van der Waals surface area contributed by atoms with Crippen molar-refractivity contribution in [3.63, 3.8) is 0 Å². The molecular weight excluding hydrogens is 418 g/mol. The van der Waals surface area contributed by atoms with Crippen LogP contribution in [-0.2, 0) is 4.79 Å². The summed E-state index contributed by atoms with van der Waals surface area (Å²) in [6, 6.07) is 2.62. The molecule has 1 atom stereocenters. The van der Waals surface area contributed by atoms with Gasteiger partial charge in [-0.1, -0.05) is 20.8 Å². The Kier molecular flexibility index (Phi) is 8.78. The van der Waals surface area contributed by atoms with E-state index in [-0.39, 0.29) is 47.6 Å². The highest BCUT2D eigenvalue weighted by Gasteiger charge is 2.28. The second kappa shape index (κ2) is 10.3. The summed E-state index contributed by atoms with van der Waals surface area (Å²) in [4.78, 5) is 25.0. The number of aliphatic hydroxyl groups is 1. The Balaban J connectivity index is 3.52. The highest BCUT2D eigenvalue weighted by molar-refractivity contribution is 9.10. The molecule has 1 rings (SSSR count). The number of ketones is 1. The van der Waals surface area contributed by atoms with Crippen LogP contribution >= 0.6 is 15.9 Å². The number of hydrogen-bond acceptors (Lipinski definition) is 6. The lowest BCUT2D eigenvalue weighted by molar-refractivity contribution is -0.132. The molecule has 150 valence electrons. The van der Waals surface area contributed by atoms with Gasteiger partial charge in [-0.3, -0.25) is 4.79 Å². The topological polar surface area (TPSA) is 105 Å². The van der Waals surface area contributed by atoms with Crippen LogP contribution in [0.5, 0.6) is 11.5 Å². The van der Waals surface area contributed by atoms with Crippen LogP contribution in [-0.4, -0.2) is 48.8 Å². The number of benzene rings is 1. The summed E-state index contributed by atoms with van der Waals surface area (Å²) in [6.45, 7) is 5.36. The Morgan fingerprint density at radius 3 is 2.19 bits per heavy atom. The first-order chi connectivity index (χ1) is 12.7. The highest BCUT2D eigenvalue weighted by Crippen LogP contribution is 2.34. The zero-order valence-corrected chi connectivity index (χ0v) is 17.7. The van der Waals surface area contributed by atoms with Gasteiger partial charge in [0.05, 0.1) is 36.9 Å². The Labute approximate surface area is 167 Å². The molecule has 0 bridgehead atoms. The van der Waals surface area contributed by atoms with E-state index in [2.05, 4.69) is 21.2 Å². The maximum absolute atomic E-state index is 13.1.